The molecule has 7 heteroatoms. The first-order valence-electron chi connectivity index (χ1n) is 7.92. The number of amides is 2. The molecule has 0 aliphatic carbocycles. The Balaban J connectivity index is 1.61. The smallest absolute Gasteiger partial charge is 0.270 e. The highest BCUT2D eigenvalue weighted by Crippen LogP contribution is 2.14. The summed E-state index contributed by atoms with van der Waals surface area (Å²) in [6.45, 7) is 0.539. The molecule has 1 aromatic carbocycles. The number of aromatic nitrogens is 1. The molecule has 0 unspecified atom stereocenters. The minimum absolute atomic E-state index is 0.155. The van der Waals surface area contributed by atoms with E-state index >= 15 is 0 Å². The number of nitrogens with one attached hydrogen (secondary N) is 2. The first-order valence-corrected chi connectivity index (χ1v) is 8.29. The van der Waals surface area contributed by atoms with Crippen LogP contribution in [0, 0.1) is 0 Å². The highest BCUT2D eigenvalue weighted by atomic mass is 35.5. The van der Waals surface area contributed by atoms with E-state index in [-0.39, 0.29) is 24.1 Å². The zero-order valence-corrected chi connectivity index (χ0v) is 14.5. The van der Waals surface area contributed by atoms with E-state index in [0.717, 1.165) is 5.56 Å². The number of furan rings is 1. The second-order valence-electron chi connectivity index (χ2n) is 5.47. The van der Waals surface area contributed by atoms with Gasteiger partial charge in [0.1, 0.15) is 11.5 Å². The van der Waals surface area contributed by atoms with Gasteiger partial charge < -0.3 is 15.1 Å². The molecule has 0 saturated carbocycles. The average molecular weight is 370 g/mol. The van der Waals surface area contributed by atoms with Gasteiger partial charge in [0, 0.05) is 23.3 Å². The van der Waals surface area contributed by atoms with Crippen LogP contribution in [0.3, 0.4) is 0 Å². The van der Waals surface area contributed by atoms with E-state index in [4.69, 9.17) is 16.0 Å². The predicted octanol–water partition coefficient (Wildman–Crippen LogP) is 3.19. The topological polar surface area (TPSA) is 84.2 Å². The molecule has 26 heavy (non-hydrogen) atoms. The fourth-order valence-electron chi connectivity index (χ4n) is 2.29. The number of carbonyl (C=O) groups is 2. The molecule has 3 aromatic rings. The fourth-order valence-corrected chi connectivity index (χ4v) is 2.49. The molecule has 0 spiro atoms. The van der Waals surface area contributed by atoms with Crippen molar-refractivity contribution in [3.63, 3.8) is 0 Å². The van der Waals surface area contributed by atoms with Crippen LogP contribution in [-0.2, 0) is 13.1 Å². The van der Waals surface area contributed by atoms with Crippen LogP contribution in [0.4, 0.5) is 0 Å². The zero-order chi connectivity index (χ0) is 18.4. The van der Waals surface area contributed by atoms with Crippen molar-refractivity contribution in [1.82, 2.24) is 15.6 Å². The minimum atomic E-state index is -0.387. The van der Waals surface area contributed by atoms with Gasteiger partial charge in [0.05, 0.1) is 12.8 Å². The van der Waals surface area contributed by atoms with Gasteiger partial charge in [-0.25, -0.2) is 0 Å². The van der Waals surface area contributed by atoms with Crippen LogP contribution in [0.5, 0.6) is 0 Å². The molecule has 0 saturated heterocycles. The van der Waals surface area contributed by atoms with E-state index in [2.05, 4.69) is 15.6 Å². The largest absolute Gasteiger partial charge is 0.467 e. The monoisotopic (exact) mass is 369 g/mol. The molecule has 0 aliphatic heterocycles. The van der Waals surface area contributed by atoms with Crippen molar-refractivity contribution in [3.05, 3.63) is 88.6 Å². The lowest BCUT2D eigenvalue weighted by molar-refractivity contribution is 0.0943. The number of pyridine rings is 1. The molecule has 6 nitrogen and oxygen atoms in total. The second kappa shape index (κ2) is 8.31. The molecule has 0 radical (unpaired) electrons. The van der Waals surface area contributed by atoms with Crippen molar-refractivity contribution in [1.29, 1.82) is 0 Å². The van der Waals surface area contributed by atoms with Crippen LogP contribution in [0.25, 0.3) is 0 Å². The van der Waals surface area contributed by atoms with Crippen LogP contribution in [-0.4, -0.2) is 16.8 Å². The van der Waals surface area contributed by atoms with Gasteiger partial charge in [-0.15, -0.1) is 0 Å². The molecule has 2 heterocycles. The highest BCUT2D eigenvalue weighted by Gasteiger charge is 2.12. The van der Waals surface area contributed by atoms with Crippen LogP contribution in [0.15, 0.2) is 65.4 Å². The Bertz CT molecular complexity index is 910. The normalized spacial score (nSPS) is 10.3. The van der Waals surface area contributed by atoms with Gasteiger partial charge in [-0.1, -0.05) is 29.8 Å². The van der Waals surface area contributed by atoms with Gasteiger partial charge in [-0.05, 0) is 35.9 Å². The maximum absolute atomic E-state index is 12.3. The molecule has 0 aliphatic rings. The SMILES string of the molecule is O=C(NCc1ccccc1Cl)c1ccnc(C(=O)NCc2ccco2)c1. The summed E-state index contributed by atoms with van der Waals surface area (Å²) in [6, 6.07) is 13.8. The van der Waals surface area contributed by atoms with E-state index in [9.17, 15) is 9.59 Å². The molecular weight excluding hydrogens is 354 g/mol. The van der Waals surface area contributed by atoms with Crippen molar-refractivity contribution >= 4 is 23.4 Å². The first kappa shape index (κ1) is 17.7. The van der Waals surface area contributed by atoms with Crippen LogP contribution in [0.2, 0.25) is 5.02 Å². The number of hydrogen-bond donors (Lipinski definition) is 2. The molecular formula is C19H16ClN3O3. The van der Waals surface area contributed by atoms with Crippen molar-refractivity contribution in [2.24, 2.45) is 0 Å². The summed E-state index contributed by atoms with van der Waals surface area (Å²) in [6.07, 6.45) is 2.95. The summed E-state index contributed by atoms with van der Waals surface area (Å²) < 4.78 is 5.16. The number of nitrogens with zero attached hydrogens (tertiary/aromatic N) is 1. The molecule has 0 bridgehead atoms. The Labute approximate surface area is 155 Å². The Morgan fingerprint density at radius 2 is 1.81 bits per heavy atom. The summed E-state index contributed by atoms with van der Waals surface area (Å²) in [5, 5.41) is 6.05. The summed E-state index contributed by atoms with van der Waals surface area (Å²) in [4.78, 5) is 28.5. The molecule has 0 atom stereocenters. The van der Waals surface area contributed by atoms with Crippen LogP contribution < -0.4 is 10.6 Å². The molecule has 0 fully saturated rings. The molecule has 2 aromatic heterocycles. The first-order chi connectivity index (χ1) is 12.6. The molecule has 132 valence electrons. The van der Waals surface area contributed by atoms with E-state index in [1.807, 2.05) is 18.2 Å². The number of rotatable bonds is 6. The van der Waals surface area contributed by atoms with Gasteiger partial charge in [-0.2, -0.15) is 0 Å². The van der Waals surface area contributed by atoms with Gasteiger partial charge in [0.15, 0.2) is 0 Å². The third kappa shape index (κ3) is 4.49. The Hall–Kier alpha value is -3.12. The molecule has 2 amide bonds. The minimum Gasteiger partial charge on any atom is -0.467 e. The highest BCUT2D eigenvalue weighted by molar-refractivity contribution is 6.31. The lowest BCUT2D eigenvalue weighted by atomic mass is 10.2. The van der Waals surface area contributed by atoms with E-state index in [1.54, 1.807) is 24.3 Å². The Morgan fingerprint density at radius 1 is 1.00 bits per heavy atom. The van der Waals surface area contributed by atoms with Crippen molar-refractivity contribution in [2.75, 3.05) is 0 Å². The van der Waals surface area contributed by atoms with Crippen LogP contribution >= 0.6 is 11.6 Å². The van der Waals surface area contributed by atoms with Crippen molar-refractivity contribution in [2.45, 2.75) is 13.1 Å². The number of hydrogen-bond acceptors (Lipinski definition) is 4. The maximum atomic E-state index is 12.3. The quantitative estimate of drug-likeness (QED) is 0.698. The average Bonchev–Trinajstić information content (AvgIpc) is 3.19. The number of carbonyl (C=O) groups excluding carboxylic acids is 2. The fraction of sp³-hybridized carbons (Fsp3) is 0.105. The summed E-state index contributed by atoms with van der Waals surface area (Å²) >= 11 is 6.08. The standard InChI is InChI=1S/C19H16ClN3O3/c20-16-6-2-1-4-14(16)11-22-18(24)13-7-8-21-17(10-13)19(25)23-12-15-5-3-9-26-15/h1-10H,11-12H2,(H,22,24)(H,23,25). The van der Waals surface area contributed by atoms with Gasteiger partial charge in [0.25, 0.3) is 11.8 Å². The van der Waals surface area contributed by atoms with Gasteiger partial charge in [-0.3, -0.25) is 14.6 Å². The Morgan fingerprint density at radius 3 is 2.58 bits per heavy atom. The number of benzene rings is 1. The summed E-state index contributed by atoms with van der Waals surface area (Å²) in [5.41, 5.74) is 1.31. The van der Waals surface area contributed by atoms with E-state index in [1.165, 1.54) is 18.5 Å². The lowest BCUT2D eigenvalue weighted by Crippen LogP contribution is -2.26. The maximum Gasteiger partial charge on any atom is 0.270 e. The second-order valence-corrected chi connectivity index (χ2v) is 5.87. The zero-order valence-electron chi connectivity index (χ0n) is 13.7. The Kier molecular flexibility index (Phi) is 5.66. The third-order valence-electron chi connectivity index (χ3n) is 3.66. The van der Waals surface area contributed by atoms with E-state index in [0.29, 0.717) is 22.9 Å². The lowest BCUT2D eigenvalue weighted by Gasteiger charge is -2.08. The third-order valence-corrected chi connectivity index (χ3v) is 4.02. The number of halogens is 1. The van der Waals surface area contributed by atoms with E-state index < -0.39 is 0 Å². The molecule has 3 rings (SSSR count). The van der Waals surface area contributed by atoms with Crippen LogP contribution in [0.1, 0.15) is 32.2 Å². The predicted molar refractivity (Wildman–Crippen MR) is 96.7 cm³/mol. The van der Waals surface area contributed by atoms with Gasteiger partial charge in [0.2, 0.25) is 0 Å². The van der Waals surface area contributed by atoms with Crippen molar-refractivity contribution < 1.29 is 14.0 Å². The van der Waals surface area contributed by atoms with Crippen molar-refractivity contribution in [3.8, 4) is 0 Å². The molecule has 2 N–H and O–H groups in total. The summed E-state index contributed by atoms with van der Waals surface area (Å²) in [5.74, 6) is -0.0680. The van der Waals surface area contributed by atoms with Gasteiger partial charge >= 0.3 is 0 Å². The summed E-state index contributed by atoms with van der Waals surface area (Å²) in [7, 11) is 0.